The van der Waals surface area contributed by atoms with Crippen LogP contribution in [0.15, 0.2) is 49.8 Å². The average molecular weight is 452 g/mol. The second-order valence-corrected chi connectivity index (χ2v) is 6.39. The van der Waals surface area contributed by atoms with Crippen LogP contribution in [0.1, 0.15) is 10.4 Å². The minimum Gasteiger partial charge on any atom is -0.319 e. The highest BCUT2D eigenvalue weighted by atomic mass is 79.9. The monoisotopic (exact) mass is 449 g/mol. The maximum absolute atomic E-state index is 13.6. The van der Waals surface area contributed by atoms with E-state index < -0.39 is 5.82 Å². The third-order valence-electron chi connectivity index (χ3n) is 2.35. The van der Waals surface area contributed by atoms with Gasteiger partial charge in [-0.1, -0.05) is 31.9 Å². The summed E-state index contributed by atoms with van der Waals surface area (Å²) in [4.78, 5) is 12.1. The molecule has 0 spiro atoms. The van der Waals surface area contributed by atoms with Crippen LogP contribution in [-0.4, -0.2) is 5.91 Å². The van der Waals surface area contributed by atoms with Crippen molar-refractivity contribution in [1.82, 2.24) is 0 Å². The Hall–Kier alpha value is -0.720. The fourth-order valence-corrected chi connectivity index (χ4v) is 2.60. The molecule has 0 unspecified atom stereocenters. The lowest BCUT2D eigenvalue weighted by Gasteiger charge is -2.08. The molecule has 98 valence electrons. The van der Waals surface area contributed by atoms with Gasteiger partial charge in [-0.05, 0) is 52.3 Å². The van der Waals surface area contributed by atoms with Crippen LogP contribution in [0.4, 0.5) is 10.1 Å². The number of hydrogen-bond donors (Lipinski definition) is 1. The number of amides is 1. The molecular weight excluding hydrogens is 445 g/mol. The van der Waals surface area contributed by atoms with Crippen molar-refractivity contribution in [2.24, 2.45) is 0 Å². The van der Waals surface area contributed by atoms with Crippen LogP contribution in [-0.2, 0) is 0 Å². The van der Waals surface area contributed by atoms with E-state index in [0.717, 1.165) is 4.47 Å². The molecule has 6 heteroatoms. The molecule has 2 aromatic carbocycles. The number of carbonyl (C=O) groups is 1. The van der Waals surface area contributed by atoms with Crippen molar-refractivity contribution in [3.63, 3.8) is 0 Å². The fourth-order valence-electron chi connectivity index (χ4n) is 1.45. The van der Waals surface area contributed by atoms with E-state index in [0.29, 0.717) is 14.5 Å². The van der Waals surface area contributed by atoms with Crippen molar-refractivity contribution in [2.45, 2.75) is 0 Å². The number of nitrogens with one attached hydrogen (secondary N) is 1. The van der Waals surface area contributed by atoms with Crippen LogP contribution < -0.4 is 5.32 Å². The Morgan fingerprint density at radius 2 is 1.63 bits per heavy atom. The summed E-state index contributed by atoms with van der Waals surface area (Å²) < 4.78 is 15.7. The topological polar surface area (TPSA) is 29.1 Å². The summed E-state index contributed by atoms with van der Waals surface area (Å²) >= 11 is 9.82. The molecule has 0 aliphatic heterocycles. The minimum atomic E-state index is -0.484. The normalized spacial score (nSPS) is 10.3. The van der Waals surface area contributed by atoms with Gasteiger partial charge in [0.15, 0.2) is 0 Å². The number of rotatable bonds is 2. The van der Waals surface area contributed by atoms with Gasteiger partial charge < -0.3 is 5.32 Å². The second-order valence-electron chi connectivity index (χ2n) is 3.70. The van der Waals surface area contributed by atoms with Gasteiger partial charge >= 0.3 is 0 Å². The van der Waals surface area contributed by atoms with E-state index in [9.17, 15) is 9.18 Å². The summed E-state index contributed by atoms with van der Waals surface area (Å²) in [6.07, 6.45) is 0. The van der Waals surface area contributed by atoms with Gasteiger partial charge in [-0.2, -0.15) is 0 Å². The molecule has 2 aromatic rings. The Bertz CT molecular complexity index is 646. The lowest BCUT2D eigenvalue weighted by atomic mass is 10.2. The van der Waals surface area contributed by atoms with Gasteiger partial charge in [-0.3, -0.25) is 4.79 Å². The third kappa shape index (κ3) is 3.64. The molecule has 2 nitrogen and oxygen atoms in total. The first-order valence-electron chi connectivity index (χ1n) is 5.19. The quantitative estimate of drug-likeness (QED) is 0.653. The van der Waals surface area contributed by atoms with E-state index >= 15 is 0 Å². The van der Waals surface area contributed by atoms with Gasteiger partial charge in [0, 0.05) is 13.4 Å². The van der Waals surface area contributed by atoms with E-state index in [1.807, 2.05) is 0 Å². The van der Waals surface area contributed by atoms with Gasteiger partial charge in [-0.25, -0.2) is 4.39 Å². The molecule has 0 fully saturated rings. The molecule has 0 saturated heterocycles. The third-order valence-corrected chi connectivity index (χ3v) is 4.03. The fraction of sp³-hybridized carbons (Fsp3) is 0. The van der Waals surface area contributed by atoms with Crippen LogP contribution >= 0.6 is 47.8 Å². The van der Waals surface area contributed by atoms with Crippen molar-refractivity contribution in [3.05, 3.63) is 61.2 Å². The zero-order valence-electron chi connectivity index (χ0n) is 9.38. The Kier molecular flexibility index (Phi) is 4.76. The highest BCUT2D eigenvalue weighted by Crippen LogP contribution is 2.24. The predicted molar refractivity (Wildman–Crippen MR) is 83.9 cm³/mol. The first-order chi connectivity index (χ1) is 8.97. The first kappa shape index (κ1) is 14.7. The van der Waals surface area contributed by atoms with E-state index in [1.165, 1.54) is 12.1 Å². The van der Waals surface area contributed by atoms with Gasteiger partial charge in [-0.15, -0.1) is 0 Å². The van der Waals surface area contributed by atoms with Crippen LogP contribution in [0, 0.1) is 5.82 Å². The Labute approximate surface area is 134 Å². The molecule has 2 rings (SSSR count). The highest BCUT2D eigenvalue weighted by Gasteiger charge is 2.13. The lowest BCUT2D eigenvalue weighted by molar-refractivity contribution is 0.102. The molecule has 0 aliphatic rings. The number of benzene rings is 2. The van der Waals surface area contributed by atoms with Crippen LogP contribution in [0.2, 0.25) is 0 Å². The predicted octanol–water partition coefficient (Wildman–Crippen LogP) is 5.37. The molecule has 19 heavy (non-hydrogen) atoms. The Morgan fingerprint density at radius 1 is 1.00 bits per heavy atom. The molecule has 0 aromatic heterocycles. The molecule has 0 heterocycles. The average Bonchev–Trinajstić information content (AvgIpc) is 2.36. The summed E-state index contributed by atoms with van der Waals surface area (Å²) in [6.45, 7) is 0. The molecule has 0 bridgehead atoms. The maximum atomic E-state index is 13.6. The summed E-state index contributed by atoms with van der Waals surface area (Å²) in [6, 6.07) is 9.58. The number of hydrogen-bond acceptors (Lipinski definition) is 1. The summed E-state index contributed by atoms with van der Waals surface area (Å²) in [5, 5.41) is 2.54. The highest BCUT2D eigenvalue weighted by molar-refractivity contribution is 9.11. The molecule has 1 N–H and O–H groups in total. The van der Waals surface area contributed by atoms with E-state index in [1.54, 1.807) is 24.3 Å². The zero-order valence-corrected chi connectivity index (χ0v) is 14.1. The molecular formula is C13H7Br3FNO. The van der Waals surface area contributed by atoms with Crippen LogP contribution in [0.25, 0.3) is 0 Å². The molecule has 0 aliphatic carbocycles. The summed E-state index contributed by atoms with van der Waals surface area (Å²) in [5.74, 6) is -0.868. The largest absolute Gasteiger partial charge is 0.319 e. The van der Waals surface area contributed by atoms with Gasteiger partial charge in [0.05, 0.1) is 11.3 Å². The zero-order chi connectivity index (χ0) is 14.0. The Morgan fingerprint density at radius 3 is 2.37 bits per heavy atom. The van der Waals surface area contributed by atoms with E-state index in [2.05, 4.69) is 53.1 Å². The summed E-state index contributed by atoms with van der Waals surface area (Å²) in [7, 11) is 0. The minimum absolute atomic E-state index is 0.131. The van der Waals surface area contributed by atoms with Crippen molar-refractivity contribution >= 4 is 59.4 Å². The second kappa shape index (κ2) is 6.15. The number of carbonyl (C=O) groups excluding carboxylic acids is 1. The number of halogens is 4. The first-order valence-corrected chi connectivity index (χ1v) is 7.57. The lowest BCUT2D eigenvalue weighted by Crippen LogP contribution is -2.13. The Balaban J connectivity index is 2.30. The van der Waals surface area contributed by atoms with Crippen LogP contribution in [0.5, 0.6) is 0 Å². The smallest absolute Gasteiger partial charge is 0.256 e. The van der Waals surface area contributed by atoms with Crippen LogP contribution in [0.3, 0.4) is 0 Å². The SMILES string of the molecule is O=C(Nc1cc(Br)ccc1F)c1cc(Br)ccc1Br. The molecule has 0 saturated carbocycles. The van der Waals surface area contributed by atoms with Crippen molar-refractivity contribution < 1.29 is 9.18 Å². The van der Waals surface area contributed by atoms with Gasteiger partial charge in [0.2, 0.25) is 0 Å². The molecule has 0 radical (unpaired) electrons. The van der Waals surface area contributed by atoms with E-state index in [-0.39, 0.29) is 11.6 Å². The standard InChI is InChI=1S/C13H7Br3FNO/c14-7-1-3-10(16)9(5-7)13(19)18-12-6-8(15)2-4-11(12)17/h1-6H,(H,18,19). The molecule has 1 amide bonds. The van der Waals surface area contributed by atoms with Crippen molar-refractivity contribution in [2.75, 3.05) is 5.32 Å². The maximum Gasteiger partial charge on any atom is 0.256 e. The van der Waals surface area contributed by atoms with Crippen molar-refractivity contribution in [1.29, 1.82) is 0 Å². The van der Waals surface area contributed by atoms with Gasteiger partial charge in [0.25, 0.3) is 5.91 Å². The van der Waals surface area contributed by atoms with E-state index in [4.69, 9.17) is 0 Å². The number of anilines is 1. The van der Waals surface area contributed by atoms with Crippen molar-refractivity contribution in [3.8, 4) is 0 Å². The molecule has 0 atom stereocenters. The summed E-state index contributed by atoms with van der Waals surface area (Å²) in [5.41, 5.74) is 0.556. The van der Waals surface area contributed by atoms with Gasteiger partial charge in [0.1, 0.15) is 5.82 Å².